The van der Waals surface area contributed by atoms with Gasteiger partial charge in [-0.2, -0.15) is 5.10 Å². The summed E-state index contributed by atoms with van der Waals surface area (Å²) < 4.78 is 1.66. The number of halogens is 1. The normalized spacial score (nSPS) is 11.1. The predicted octanol–water partition coefficient (Wildman–Crippen LogP) is 2.06. The van der Waals surface area contributed by atoms with Crippen LogP contribution in [0, 0.1) is 5.92 Å². The fraction of sp³-hybridized carbons (Fsp3) is 0.417. The number of nitrogens with one attached hydrogen (secondary N) is 1. The van der Waals surface area contributed by atoms with Crippen molar-refractivity contribution in [3.8, 4) is 5.82 Å². The van der Waals surface area contributed by atoms with Crippen molar-refractivity contribution in [1.29, 1.82) is 0 Å². The lowest BCUT2D eigenvalue weighted by molar-refractivity contribution is 0.549. The third kappa shape index (κ3) is 3.27. The van der Waals surface area contributed by atoms with E-state index in [1.54, 1.807) is 23.3 Å². The summed E-state index contributed by atoms with van der Waals surface area (Å²) in [4.78, 5) is 8.30. The van der Waals surface area contributed by atoms with Gasteiger partial charge in [0.15, 0.2) is 5.82 Å². The Balaban J connectivity index is 2.15. The summed E-state index contributed by atoms with van der Waals surface area (Å²) in [6.07, 6.45) is 6.63. The summed E-state index contributed by atoms with van der Waals surface area (Å²) in [6.45, 7) is 6.01. The second kappa shape index (κ2) is 5.93. The van der Waals surface area contributed by atoms with Crippen LogP contribution in [-0.4, -0.2) is 26.3 Å². The van der Waals surface area contributed by atoms with Crippen LogP contribution < -0.4 is 5.32 Å². The lowest BCUT2D eigenvalue weighted by atomic mass is 10.2. The molecule has 2 heterocycles. The molecule has 0 bridgehead atoms. The van der Waals surface area contributed by atoms with Crippen LogP contribution in [0.4, 0.5) is 0 Å². The van der Waals surface area contributed by atoms with Crippen molar-refractivity contribution in [1.82, 2.24) is 25.1 Å². The van der Waals surface area contributed by atoms with Gasteiger partial charge in [0.05, 0.1) is 17.4 Å². The van der Waals surface area contributed by atoms with E-state index in [1.807, 2.05) is 0 Å². The van der Waals surface area contributed by atoms with Crippen molar-refractivity contribution >= 4 is 11.6 Å². The van der Waals surface area contributed by atoms with Gasteiger partial charge in [-0.3, -0.25) is 0 Å². The molecule has 0 saturated heterocycles. The highest BCUT2D eigenvalue weighted by Gasteiger charge is 2.07. The molecular formula is C12H16ClN5. The first-order valence-corrected chi connectivity index (χ1v) is 6.24. The van der Waals surface area contributed by atoms with Crippen LogP contribution in [0.1, 0.15) is 19.4 Å². The van der Waals surface area contributed by atoms with Gasteiger partial charge in [0.25, 0.3) is 0 Å². The van der Waals surface area contributed by atoms with Gasteiger partial charge in [-0.25, -0.2) is 14.6 Å². The maximum Gasteiger partial charge on any atom is 0.161 e. The highest BCUT2D eigenvalue weighted by molar-refractivity contribution is 6.30. The van der Waals surface area contributed by atoms with Gasteiger partial charge in [0.2, 0.25) is 0 Å². The zero-order valence-electron chi connectivity index (χ0n) is 10.5. The topological polar surface area (TPSA) is 55.6 Å². The number of nitrogens with zero attached hydrogens (tertiary/aromatic N) is 4. The van der Waals surface area contributed by atoms with E-state index >= 15 is 0 Å². The highest BCUT2D eigenvalue weighted by atomic mass is 35.5. The molecule has 5 nitrogen and oxygen atoms in total. The molecule has 2 rings (SSSR count). The molecule has 0 amide bonds. The van der Waals surface area contributed by atoms with E-state index in [0.29, 0.717) is 17.5 Å². The molecule has 0 unspecified atom stereocenters. The zero-order chi connectivity index (χ0) is 13.0. The van der Waals surface area contributed by atoms with E-state index < -0.39 is 0 Å². The minimum Gasteiger partial charge on any atom is -0.312 e. The van der Waals surface area contributed by atoms with Crippen LogP contribution >= 0.6 is 11.6 Å². The molecular weight excluding hydrogens is 250 g/mol. The molecule has 0 aliphatic carbocycles. The first-order valence-electron chi connectivity index (χ1n) is 5.87. The average Bonchev–Trinajstić information content (AvgIpc) is 2.76. The quantitative estimate of drug-likeness (QED) is 0.899. The highest BCUT2D eigenvalue weighted by Crippen LogP contribution is 2.13. The second-order valence-corrected chi connectivity index (χ2v) is 4.94. The Hall–Kier alpha value is -1.46. The van der Waals surface area contributed by atoms with Crippen LogP contribution in [0.15, 0.2) is 24.9 Å². The molecule has 0 atom stereocenters. The molecule has 2 aromatic heterocycles. The molecule has 0 aromatic carbocycles. The van der Waals surface area contributed by atoms with E-state index in [9.17, 15) is 0 Å². The average molecular weight is 266 g/mol. The number of rotatable bonds is 5. The molecule has 2 aromatic rings. The summed E-state index contributed by atoms with van der Waals surface area (Å²) in [5.74, 6) is 1.37. The standard InChI is InChI=1S/C12H16ClN5/c1-9(2)3-14-4-10-5-15-8-16-12(10)18-7-11(13)6-17-18/h5-9,14H,3-4H2,1-2H3. The van der Waals surface area contributed by atoms with Crippen LogP contribution in [0.2, 0.25) is 5.02 Å². The van der Waals surface area contributed by atoms with Crippen LogP contribution in [0.25, 0.3) is 5.82 Å². The van der Waals surface area contributed by atoms with Crippen molar-refractivity contribution in [2.75, 3.05) is 6.54 Å². The summed E-state index contributed by atoms with van der Waals surface area (Å²) in [7, 11) is 0. The summed E-state index contributed by atoms with van der Waals surface area (Å²) in [6, 6.07) is 0. The van der Waals surface area contributed by atoms with Gasteiger partial charge in [0.1, 0.15) is 6.33 Å². The second-order valence-electron chi connectivity index (χ2n) is 4.50. The van der Waals surface area contributed by atoms with Gasteiger partial charge >= 0.3 is 0 Å². The van der Waals surface area contributed by atoms with Crippen molar-refractivity contribution in [3.63, 3.8) is 0 Å². The molecule has 0 saturated carbocycles. The SMILES string of the molecule is CC(C)CNCc1cncnc1-n1cc(Cl)cn1. The Morgan fingerprint density at radius 1 is 1.39 bits per heavy atom. The molecule has 18 heavy (non-hydrogen) atoms. The minimum atomic E-state index is 0.592. The van der Waals surface area contributed by atoms with E-state index in [-0.39, 0.29) is 0 Å². The number of hydrogen-bond acceptors (Lipinski definition) is 4. The Kier molecular flexibility index (Phi) is 4.28. The summed E-state index contributed by atoms with van der Waals surface area (Å²) in [5, 5.41) is 8.11. The fourth-order valence-corrected chi connectivity index (χ4v) is 1.73. The van der Waals surface area contributed by atoms with Crippen LogP contribution in [0.3, 0.4) is 0 Å². The van der Waals surface area contributed by atoms with Gasteiger partial charge in [0, 0.05) is 18.3 Å². The first kappa shape index (κ1) is 13.0. The Morgan fingerprint density at radius 3 is 2.89 bits per heavy atom. The number of aromatic nitrogens is 4. The maximum absolute atomic E-state index is 5.87. The minimum absolute atomic E-state index is 0.592. The molecule has 0 spiro atoms. The Morgan fingerprint density at radius 2 is 2.22 bits per heavy atom. The van der Waals surface area contributed by atoms with Gasteiger partial charge in [-0.15, -0.1) is 0 Å². The van der Waals surface area contributed by atoms with E-state index in [4.69, 9.17) is 11.6 Å². The third-order valence-corrected chi connectivity index (χ3v) is 2.60. The summed E-state index contributed by atoms with van der Waals surface area (Å²) >= 11 is 5.87. The maximum atomic E-state index is 5.87. The first-order chi connectivity index (χ1) is 8.66. The number of hydrogen-bond donors (Lipinski definition) is 1. The van der Waals surface area contributed by atoms with Crippen molar-refractivity contribution < 1.29 is 0 Å². The molecule has 0 aliphatic heterocycles. The molecule has 6 heteroatoms. The van der Waals surface area contributed by atoms with E-state index in [2.05, 4.69) is 34.2 Å². The van der Waals surface area contributed by atoms with Crippen molar-refractivity contribution in [3.05, 3.63) is 35.5 Å². The molecule has 0 aliphatic rings. The van der Waals surface area contributed by atoms with Gasteiger partial charge in [-0.05, 0) is 12.5 Å². The van der Waals surface area contributed by atoms with Crippen molar-refractivity contribution in [2.24, 2.45) is 5.92 Å². The third-order valence-electron chi connectivity index (χ3n) is 2.40. The van der Waals surface area contributed by atoms with E-state index in [0.717, 1.165) is 17.9 Å². The Labute approximate surface area is 111 Å². The zero-order valence-corrected chi connectivity index (χ0v) is 11.2. The smallest absolute Gasteiger partial charge is 0.161 e. The monoisotopic (exact) mass is 265 g/mol. The fourth-order valence-electron chi connectivity index (χ4n) is 1.60. The summed E-state index contributed by atoms with van der Waals surface area (Å²) in [5.41, 5.74) is 0.998. The van der Waals surface area contributed by atoms with E-state index in [1.165, 1.54) is 6.33 Å². The largest absolute Gasteiger partial charge is 0.312 e. The molecule has 0 fully saturated rings. The Bertz CT molecular complexity index is 509. The van der Waals surface area contributed by atoms with Crippen molar-refractivity contribution in [2.45, 2.75) is 20.4 Å². The lowest BCUT2D eigenvalue weighted by Gasteiger charge is -2.10. The van der Waals surface area contributed by atoms with Gasteiger partial charge < -0.3 is 5.32 Å². The van der Waals surface area contributed by atoms with Crippen LogP contribution in [-0.2, 0) is 6.54 Å². The predicted molar refractivity (Wildman–Crippen MR) is 70.7 cm³/mol. The van der Waals surface area contributed by atoms with Gasteiger partial charge in [-0.1, -0.05) is 25.4 Å². The molecule has 1 N–H and O–H groups in total. The van der Waals surface area contributed by atoms with Crippen LogP contribution in [0.5, 0.6) is 0 Å². The molecule has 0 radical (unpaired) electrons. The lowest BCUT2D eigenvalue weighted by Crippen LogP contribution is -2.20. The molecule has 96 valence electrons.